The molecule has 0 unspecified atom stereocenters. The van der Waals surface area contributed by atoms with Crippen molar-refractivity contribution in [2.45, 2.75) is 19.8 Å². The number of rotatable bonds is 4. The Balaban J connectivity index is 2.77. The second-order valence-electron chi connectivity index (χ2n) is 2.83. The number of hydrogen-bond acceptors (Lipinski definition) is 3. The van der Waals surface area contributed by atoms with Crippen LogP contribution in [0.1, 0.15) is 24.9 Å². The summed E-state index contributed by atoms with van der Waals surface area (Å²) in [5, 5.41) is 8.41. The number of aromatic nitrogens is 2. The van der Waals surface area contributed by atoms with Crippen LogP contribution < -0.4 is 0 Å². The molecule has 74 valence electrons. The number of carboxylic acids is 1. The van der Waals surface area contributed by atoms with E-state index in [1.807, 2.05) is 6.07 Å². The SMILES string of the molecule is CCCc1ccnc(/C=C/C(=O)O)n1. The molecular formula is C10H12N2O2. The lowest BCUT2D eigenvalue weighted by Crippen LogP contribution is -1.94. The highest BCUT2D eigenvalue weighted by molar-refractivity contribution is 5.84. The third-order valence-electron chi connectivity index (χ3n) is 1.61. The highest BCUT2D eigenvalue weighted by Gasteiger charge is 1.95. The molecule has 0 aromatic carbocycles. The number of aryl methyl sites for hydroxylation is 1. The van der Waals surface area contributed by atoms with E-state index in [0.717, 1.165) is 24.6 Å². The lowest BCUT2D eigenvalue weighted by molar-refractivity contribution is -0.131. The van der Waals surface area contributed by atoms with E-state index in [-0.39, 0.29) is 0 Å². The van der Waals surface area contributed by atoms with Gasteiger partial charge in [0.1, 0.15) is 0 Å². The smallest absolute Gasteiger partial charge is 0.328 e. The summed E-state index contributed by atoms with van der Waals surface area (Å²) in [6, 6.07) is 1.83. The maximum atomic E-state index is 10.2. The Kier molecular flexibility index (Phi) is 3.79. The van der Waals surface area contributed by atoms with Crippen molar-refractivity contribution in [3.63, 3.8) is 0 Å². The lowest BCUT2D eigenvalue weighted by atomic mass is 10.2. The first-order valence-corrected chi connectivity index (χ1v) is 4.45. The Morgan fingerprint density at radius 2 is 2.43 bits per heavy atom. The molecule has 0 saturated heterocycles. The van der Waals surface area contributed by atoms with E-state index in [2.05, 4.69) is 16.9 Å². The monoisotopic (exact) mass is 192 g/mol. The first-order valence-electron chi connectivity index (χ1n) is 4.45. The highest BCUT2D eigenvalue weighted by Crippen LogP contribution is 2.00. The zero-order valence-corrected chi connectivity index (χ0v) is 7.97. The third kappa shape index (κ3) is 3.35. The summed E-state index contributed by atoms with van der Waals surface area (Å²) in [5.41, 5.74) is 0.938. The number of aliphatic carboxylic acids is 1. The molecule has 1 aromatic rings. The maximum Gasteiger partial charge on any atom is 0.328 e. The van der Waals surface area contributed by atoms with Crippen molar-refractivity contribution in [3.05, 3.63) is 29.9 Å². The van der Waals surface area contributed by atoms with Gasteiger partial charge in [-0.2, -0.15) is 0 Å². The summed E-state index contributed by atoms with van der Waals surface area (Å²) < 4.78 is 0. The molecule has 1 rings (SSSR count). The summed E-state index contributed by atoms with van der Waals surface area (Å²) >= 11 is 0. The van der Waals surface area contributed by atoms with Crippen molar-refractivity contribution in [1.29, 1.82) is 0 Å². The predicted molar refractivity (Wildman–Crippen MR) is 52.7 cm³/mol. The van der Waals surface area contributed by atoms with Gasteiger partial charge in [-0.25, -0.2) is 14.8 Å². The normalized spacial score (nSPS) is 10.6. The van der Waals surface area contributed by atoms with Gasteiger partial charge in [0.05, 0.1) is 0 Å². The zero-order chi connectivity index (χ0) is 10.4. The molecule has 0 spiro atoms. The van der Waals surface area contributed by atoms with Crippen molar-refractivity contribution in [2.75, 3.05) is 0 Å². The number of carboxylic acid groups (broad SMARTS) is 1. The fraction of sp³-hybridized carbons (Fsp3) is 0.300. The summed E-state index contributed by atoms with van der Waals surface area (Å²) in [6.45, 7) is 2.06. The predicted octanol–water partition coefficient (Wildman–Crippen LogP) is 1.53. The van der Waals surface area contributed by atoms with Gasteiger partial charge in [0.2, 0.25) is 0 Å². The average molecular weight is 192 g/mol. The van der Waals surface area contributed by atoms with E-state index >= 15 is 0 Å². The van der Waals surface area contributed by atoms with Crippen LogP contribution in [0.2, 0.25) is 0 Å². The Morgan fingerprint density at radius 1 is 1.64 bits per heavy atom. The van der Waals surface area contributed by atoms with Gasteiger partial charge in [0.25, 0.3) is 0 Å². The molecule has 1 heterocycles. The van der Waals surface area contributed by atoms with Crippen LogP contribution in [0.25, 0.3) is 6.08 Å². The molecule has 1 aromatic heterocycles. The third-order valence-corrected chi connectivity index (χ3v) is 1.61. The summed E-state index contributed by atoms with van der Waals surface area (Å²) in [5.74, 6) is -0.548. The van der Waals surface area contributed by atoms with Gasteiger partial charge in [0, 0.05) is 18.0 Å². The highest BCUT2D eigenvalue weighted by atomic mass is 16.4. The molecule has 0 aliphatic rings. The standard InChI is InChI=1S/C10H12N2O2/c1-2-3-8-6-7-11-9(12-8)4-5-10(13)14/h4-7H,2-3H2,1H3,(H,13,14)/b5-4+. The van der Waals surface area contributed by atoms with E-state index in [9.17, 15) is 4.79 Å². The van der Waals surface area contributed by atoms with E-state index in [1.54, 1.807) is 6.20 Å². The van der Waals surface area contributed by atoms with Crippen LogP contribution in [0.4, 0.5) is 0 Å². The minimum absolute atomic E-state index is 0.443. The summed E-state index contributed by atoms with van der Waals surface area (Å²) in [4.78, 5) is 18.3. The molecule has 0 aliphatic carbocycles. The second-order valence-corrected chi connectivity index (χ2v) is 2.83. The molecule has 0 radical (unpaired) electrons. The molecule has 0 bridgehead atoms. The quantitative estimate of drug-likeness (QED) is 0.735. The van der Waals surface area contributed by atoms with Crippen LogP contribution in [-0.2, 0) is 11.2 Å². The molecule has 4 nitrogen and oxygen atoms in total. The molecule has 0 fully saturated rings. The Morgan fingerprint density at radius 3 is 3.07 bits per heavy atom. The number of hydrogen-bond donors (Lipinski definition) is 1. The Hall–Kier alpha value is -1.71. The first kappa shape index (κ1) is 10.4. The molecule has 0 aliphatic heterocycles. The average Bonchev–Trinajstić information content (AvgIpc) is 2.16. The maximum absolute atomic E-state index is 10.2. The van der Waals surface area contributed by atoms with Gasteiger partial charge in [-0.05, 0) is 18.6 Å². The second kappa shape index (κ2) is 5.11. The van der Waals surface area contributed by atoms with E-state index < -0.39 is 5.97 Å². The van der Waals surface area contributed by atoms with Crippen molar-refractivity contribution in [2.24, 2.45) is 0 Å². The van der Waals surface area contributed by atoms with E-state index in [4.69, 9.17) is 5.11 Å². The van der Waals surface area contributed by atoms with Crippen LogP contribution in [-0.4, -0.2) is 21.0 Å². The molecule has 14 heavy (non-hydrogen) atoms. The van der Waals surface area contributed by atoms with Crippen LogP contribution >= 0.6 is 0 Å². The van der Waals surface area contributed by atoms with Gasteiger partial charge < -0.3 is 5.11 Å². The van der Waals surface area contributed by atoms with E-state index in [1.165, 1.54) is 6.08 Å². The molecule has 4 heteroatoms. The van der Waals surface area contributed by atoms with Crippen LogP contribution in [0.3, 0.4) is 0 Å². The largest absolute Gasteiger partial charge is 0.478 e. The molecular weight excluding hydrogens is 180 g/mol. The molecule has 1 N–H and O–H groups in total. The van der Waals surface area contributed by atoms with Gasteiger partial charge >= 0.3 is 5.97 Å². The van der Waals surface area contributed by atoms with Gasteiger partial charge in [-0.1, -0.05) is 13.3 Å². The molecule has 0 amide bonds. The minimum atomic E-state index is -0.991. The molecule has 0 saturated carbocycles. The summed E-state index contributed by atoms with van der Waals surface area (Å²) in [6.07, 6.45) is 5.96. The fourth-order valence-corrected chi connectivity index (χ4v) is 1.03. The van der Waals surface area contributed by atoms with Crippen LogP contribution in [0.5, 0.6) is 0 Å². The van der Waals surface area contributed by atoms with E-state index in [0.29, 0.717) is 5.82 Å². The van der Waals surface area contributed by atoms with Crippen molar-refractivity contribution < 1.29 is 9.90 Å². The van der Waals surface area contributed by atoms with Crippen molar-refractivity contribution >= 4 is 12.0 Å². The fourth-order valence-electron chi connectivity index (χ4n) is 1.03. The topological polar surface area (TPSA) is 63.1 Å². The number of nitrogens with zero attached hydrogens (tertiary/aromatic N) is 2. The summed E-state index contributed by atoms with van der Waals surface area (Å²) in [7, 11) is 0. The van der Waals surface area contributed by atoms with Crippen molar-refractivity contribution in [1.82, 2.24) is 9.97 Å². The Labute approximate surface area is 82.3 Å². The van der Waals surface area contributed by atoms with Crippen LogP contribution in [0.15, 0.2) is 18.3 Å². The Bertz CT molecular complexity index is 348. The van der Waals surface area contributed by atoms with Crippen molar-refractivity contribution in [3.8, 4) is 0 Å². The van der Waals surface area contributed by atoms with Crippen LogP contribution in [0, 0.1) is 0 Å². The van der Waals surface area contributed by atoms with Gasteiger partial charge in [-0.3, -0.25) is 0 Å². The molecule has 0 atom stereocenters. The number of carbonyl (C=O) groups is 1. The first-order chi connectivity index (χ1) is 6.72. The minimum Gasteiger partial charge on any atom is -0.478 e. The van der Waals surface area contributed by atoms with Gasteiger partial charge in [0.15, 0.2) is 5.82 Å². The zero-order valence-electron chi connectivity index (χ0n) is 7.97. The lowest BCUT2D eigenvalue weighted by Gasteiger charge is -1.97. The van der Waals surface area contributed by atoms with Gasteiger partial charge in [-0.15, -0.1) is 0 Å².